The quantitative estimate of drug-likeness (QED) is 0.877. The van der Waals surface area contributed by atoms with E-state index in [0.29, 0.717) is 17.0 Å². The van der Waals surface area contributed by atoms with E-state index in [4.69, 9.17) is 4.52 Å². The molecular weight excluding hydrogens is 335 g/mol. The number of anilines is 1. The number of carbonyl (C=O) groups is 1. The van der Waals surface area contributed by atoms with Gasteiger partial charge in [-0.05, 0) is 24.6 Å². The van der Waals surface area contributed by atoms with Crippen LogP contribution >= 0.6 is 12.4 Å². The maximum atomic E-state index is 14.3. The molecule has 0 unspecified atom stereocenters. The molecule has 0 bridgehead atoms. The SMILES string of the molecule is Cc1cc(C(=O)NCc2ccc(N3CCNCC3)c(F)c2)no1.Cl. The zero-order valence-corrected chi connectivity index (χ0v) is 14.2. The molecule has 1 aliphatic rings. The summed E-state index contributed by atoms with van der Waals surface area (Å²) in [4.78, 5) is 13.9. The van der Waals surface area contributed by atoms with Gasteiger partial charge in [-0.2, -0.15) is 0 Å². The number of hydrogen-bond acceptors (Lipinski definition) is 5. The zero-order chi connectivity index (χ0) is 16.2. The van der Waals surface area contributed by atoms with E-state index in [2.05, 4.69) is 15.8 Å². The van der Waals surface area contributed by atoms with Crippen LogP contribution in [0.3, 0.4) is 0 Å². The van der Waals surface area contributed by atoms with Crippen molar-refractivity contribution < 1.29 is 13.7 Å². The molecule has 8 heteroatoms. The molecule has 24 heavy (non-hydrogen) atoms. The first-order valence-electron chi connectivity index (χ1n) is 7.59. The van der Waals surface area contributed by atoms with E-state index >= 15 is 0 Å². The van der Waals surface area contributed by atoms with Gasteiger partial charge in [-0.1, -0.05) is 11.2 Å². The highest BCUT2D eigenvalue weighted by molar-refractivity contribution is 5.92. The van der Waals surface area contributed by atoms with Crippen LogP contribution in [0.15, 0.2) is 28.8 Å². The summed E-state index contributed by atoms with van der Waals surface area (Å²) in [7, 11) is 0. The lowest BCUT2D eigenvalue weighted by Gasteiger charge is -2.29. The predicted molar refractivity (Wildman–Crippen MR) is 91.1 cm³/mol. The zero-order valence-electron chi connectivity index (χ0n) is 13.3. The first-order valence-corrected chi connectivity index (χ1v) is 7.59. The van der Waals surface area contributed by atoms with E-state index in [1.54, 1.807) is 19.1 Å². The number of amides is 1. The highest BCUT2D eigenvalue weighted by Gasteiger charge is 2.15. The number of benzene rings is 1. The van der Waals surface area contributed by atoms with Crippen LogP contribution in [0.1, 0.15) is 21.8 Å². The van der Waals surface area contributed by atoms with Gasteiger partial charge in [-0.25, -0.2) is 4.39 Å². The standard InChI is InChI=1S/C16H19FN4O2.ClH/c1-11-8-14(20-23-11)16(22)19-10-12-2-3-15(13(17)9-12)21-6-4-18-5-7-21;/h2-3,8-9,18H,4-7,10H2,1H3,(H,19,22);1H. The molecule has 1 amide bonds. The molecule has 1 aromatic heterocycles. The van der Waals surface area contributed by atoms with Crippen molar-refractivity contribution in [1.29, 1.82) is 0 Å². The fourth-order valence-corrected chi connectivity index (χ4v) is 2.57. The second-order valence-corrected chi connectivity index (χ2v) is 5.53. The van der Waals surface area contributed by atoms with Gasteiger partial charge in [0, 0.05) is 38.8 Å². The normalized spacial score (nSPS) is 14.2. The van der Waals surface area contributed by atoms with Gasteiger partial charge in [0.1, 0.15) is 11.6 Å². The predicted octanol–water partition coefficient (Wildman–Crippen LogP) is 1.88. The average Bonchev–Trinajstić information content (AvgIpc) is 3.00. The van der Waals surface area contributed by atoms with Crippen molar-refractivity contribution in [2.75, 3.05) is 31.1 Å². The van der Waals surface area contributed by atoms with Crippen LogP contribution in [0.5, 0.6) is 0 Å². The maximum Gasteiger partial charge on any atom is 0.273 e. The van der Waals surface area contributed by atoms with Crippen LogP contribution in [0.2, 0.25) is 0 Å². The third-order valence-corrected chi connectivity index (χ3v) is 3.78. The van der Waals surface area contributed by atoms with Gasteiger partial charge < -0.3 is 20.1 Å². The second kappa shape index (κ2) is 8.12. The number of rotatable bonds is 4. The molecule has 0 aliphatic carbocycles. The fraction of sp³-hybridized carbons (Fsp3) is 0.375. The van der Waals surface area contributed by atoms with Crippen LogP contribution in [0.4, 0.5) is 10.1 Å². The smallest absolute Gasteiger partial charge is 0.273 e. The molecule has 2 heterocycles. The fourth-order valence-electron chi connectivity index (χ4n) is 2.57. The maximum absolute atomic E-state index is 14.3. The van der Waals surface area contributed by atoms with Gasteiger partial charge in [-0.3, -0.25) is 4.79 Å². The number of aromatic nitrogens is 1. The highest BCUT2D eigenvalue weighted by Crippen LogP contribution is 2.21. The summed E-state index contributed by atoms with van der Waals surface area (Å²) in [6, 6.07) is 6.62. The van der Waals surface area contributed by atoms with Crippen molar-refractivity contribution in [2.24, 2.45) is 0 Å². The van der Waals surface area contributed by atoms with E-state index in [1.165, 1.54) is 6.07 Å². The summed E-state index contributed by atoms with van der Waals surface area (Å²) in [6.07, 6.45) is 0. The van der Waals surface area contributed by atoms with Crippen LogP contribution in [0, 0.1) is 12.7 Å². The molecule has 130 valence electrons. The topological polar surface area (TPSA) is 70.4 Å². The number of halogens is 2. The lowest BCUT2D eigenvalue weighted by Crippen LogP contribution is -2.43. The molecule has 2 N–H and O–H groups in total. The molecule has 0 spiro atoms. The number of aryl methyl sites for hydroxylation is 1. The molecule has 6 nitrogen and oxygen atoms in total. The Kier molecular flexibility index (Phi) is 6.16. The Morgan fingerprint density at radius 1 is 1.38 bits per heavy atom. The minimum atomic E-state index is -0.339. The van der Waals surface area contributed by atoms with Gasteiger partial charge in [0.25, 0.3) is 5.91 Å². The molecule has 0 radical (unpaired) electrons. The summed E-state index contributed by atoms with van der Waals surface area (Å²) in [5, 5.41) is 9.59. The monoisotopic (exact) mass is 354 g/mol. The van der Waals surface area contributed by atoms with Crippen molar-refractivity contribution in [3.8, 4) is 0 Å². The van der Waals surface area contributed by atoms with E-state index in [-0.39, 0.29) is 36.4 Å². The second-order valence-electron chi connectivity index (χ2n) is 5.53. The van der Waals surface area contributed by atoms with Crippen LogP contribution < -0.4 is 15.5 Å². The Balaban J connectivity index is 0.00000208. The van der Waals surface area contributed by atoms with Crippen LogP contribution in [0.25, 0.3) is 0 Å². The number of carbonyl (C=O) groups excluding carboxylic acids is 1. The van der Waals surface area contributed by atoms with Gasteiger partial charge in [0.05, 0.1) is 5.69 Å². The van der Waals surface area contributed by atoms with Crippen molar-refractivity contribution in [1.82, 2.24) is 15.8 Å². The Morgan fingerprint density at radius 2 is 2.12 bits per heavy atom. The van der Waals surface area contributed by atoms with Gasteiger partial charge >= 0.3 is 0 Å². The lowest BCUT2D eigenvalue weighted by atomic mass is 10.1. The van der Waals surface area contributed by atoms with Crippen molar-refractivity contribution in [2.45, 2.75) is 13.5 Å². The molecule has 1 aromatic carbocycles. The van der Waals surface area contributed by atoms with Crippen molar-refractivity contribution in [3.63, 3.8) is 0 Å². The largest absolute Gasteiger partial charge is 0.367 e. The summed E-state index contributed by atoms with van der Waals surface area (Å²) in [5.74, 6) is -0.0362. The highest BCUT2D eigenvalue weighted by atomic mass is 35.5. The van der Waals surface area contributed by atoms with Crippen LogP contribution in [-0.2, 0) is 6.54 Å². The summed E-state index contributed by atoms with van der Waals surface area (Å²) in [5.41, 5.74) is 1.53. The molecule has 0 saturated carbocycles. The Labute approximate surface area is 145 Å². The number of nitrogens with zero attached hydrogens (tertiary/aromatic N) is 2. The molecule has 1 fully saturated rings. The molecule has 2 aromatic rings. The molecule has 1 saturated heterocycles. The summed E-state index contributed by atoms with van der Waals surface area (Å²) in [6.45, 7) is 5.25. The lowest BCUT2D eigenvalue weighted by molar-refractivity contribution is 0.0941. The van der Waals surface area contributed by atoms with E-state index in [0.717, 1.165) is 26.2 Å². The first-order chi connectivity index (χ1) is 11.1. The summed E-state index contributed by atoms with van der Waals surface area (Å²) >= 11 is 0. The number of hydrogen-bond donors (Lipinski definition) is 2. The third-order valence-electron chi connectivity index (χ3n) is 3.78. The minimum absolute atomic E-state index is 0. The van der Waals surface area contributed by atoms with Gasteiger partial charge in [0.2, 0.25) is 0 Å². The molecule has 0 atom stereocenters. The van der Waals surface area contributed by atoms with E-state index < -0.39 is 0 Å². The number of nitrogens with one attached hydrogen (secondary N) is 2. The van der Waals surface area contributed by atoms with Crippen LogP contribution in [-0.4, -0.2) is 37.2 Å². The Morgan fingerprint density at radius 3 is 2.75 bits per heavy atom. The third kappa shape index (κ3) is 4.24. The average molecular weight is 355 g/mol. The molecular formula is C16H20ClFN4O2. The van der Waals surface area contributed by atoms with E-state index in [1.807, 2.05) is 11.0 Å². The van der Waals surface area contributed by atoms with Crippen molar-refractivity contribution >= 4 is 24.0 Å². The van der Waals surface area contributed by atoms with Crippen molar-refractivity contribution in [3.05, 3.63) is 47.1 Å². The molecule has 1 aliphatic heterocycles. The summed E-state index contributed by atoms with van der Waals surface area (Å²) < 4.78 is 19.1. The number of piperazine rings is 1. The Hall–Kier alpha value is -2.12. The van der Waals surface area contributed by atoms with Gasteiger partial charge in [-0.15, -0.1) is 12.4 Å². The first kappa shape index (κ1) is 18.2. The molecule has 3 rings (SSSR count). The Bertz CT molecular complexity index is 701. The minimum Gasteiger partial charge on any atom is -0.367 e. The van der Waals surface area contributed by atoms with Gasteiger partial charge in [0.15, 0.2) is 5.69 Å². The van der Waals surface area contributed by atoms with E-state index in [9.17, 15) is 9.18 Å².